The van der Waals surface area contributed by atoms with Crippen LogP contribution in [0.3, 0.4) is 0 Å². The molecule has 1 aromatic carbocycles. The number of benzene rings is 1. The maximum atomic E-state index is 4.57. The van der Waals surface area contributed by atoms with Crippen molar-refractivity contribution in [2.75, 3.05) is 11.9 Å². The first-order chi connectivity index (χ1) is 9.20. The van der Waals surface area contributed by atoms with E-state index in [4.69, 9.17) is 0 Å². The number of aromatic nitrogens is 3. The van der Waals surface area contributed by atoms with Crippen LogP contribution in [0.2, 0.25) is 0 Å². The van der Waals surface area contributed by atoms with Crippen molar-refractivity contribution in [1.29, 1.82) is 0 Å². The van der Waals surface area contributed by atoms with Gasteiger partial charge in [-0.05, 0) is 30.7 Å². The first-order valence-electron chi connectivity index (χ1n) is 6.30. The molecule has 0 aliphatic rings. The molecule has 19 heavy (non-hydrogen) atoms. The summed E-state index contributed by atoms with van der Waals surface area (Å²) in [6, 6.07) is 8.39. The van der Waals surface area contributed by atoms with E-state index in [2.05, 4.69) is 40.5 Å². The molecule has 3 rings (SSSR count). The summed E-state index contributed by atoms with van der Waals surface area (Å²) in [4.78, 5) is 4.57. The number of rotatable bonds is 4. The van der Waals surface area contributed by atoms with Crippen molar-refractivity contribution in [3.63, 3.8) is 0 Å². The molecule has 1 N–H and O–H groups in total. The lowest BCUT2D eigenvalue weighted by molar-refractivity contribution is 0.742. The average molecular weight is 272 g/mol. The van der Waals surface area contributed by atoms with Crippen LogP contribution in [0.4, 0.5) is 5.13 Å². The topological polar surface area (TPSA) is 42.7 Å². The van der Waals surface area contributed by atoms with E-state index in [1.165, 1.54) is 10.3 Å². The maximum absolute atomic E-state index is 4.57. The second-order valence-electron chi connectivity index (χ2n) is 4.65. The van der Waals surface area contributed by atoms with Crippen molar-refractivity contribution in [1.82, 2.24) is 14.8 Å². The monoisotopic (exact) mass is 272 g/mol. The number of hydrogen-bond acceptors (Lipinski definition) is 4. The number of aryl methyl sites for hydroxylation is 2. The maximum Gasteiger partial charge on any atom is 0.183 e. The molecule has 0 aliphatic carbocycles. The van der Waals surface area contributed by atoms with Crippen molar-refractivity contribution in [2.24, 2.45) is 7.05 Å². The molecule has 5 heteroatoms. The molecule has 0 aliphatic heterocycles. The van der Waals surface area contributed by atoms with Crippen LogP contribution >= 0.6 is 11.3 Å². The minimum absolute atomic E-state index is 0.857. The summed E-state index contributed by atoms with van der Waals surface area (Å²) in [7, 11) is 1.94. The fourth-order valence-corrected chi connectivity index (χ4v) is 2.99. The molecule has 0 atom stereocenters. The molecular formula is C14H16N4S. The summed E-state index contributed by atoms with van der Waals surface area (Å²) < 4.78 is 3.07. The van der Waals surface area contributed by atoms with Gasteiger partial charge < -0.3 is 5.32 Å². The Bertz CT molecular complexity index is 698. The Labute approximate surface area is 116 Å². The van der Waals surface area contributed by atoms with Crippen molar-refractivity contribution in [2.45, 2.75) is 13.3 Å². The predicted octanol–water partition coefficient (Wildman–Crippen LogP) is 2.99. The highest BCUT2D eigenvalue weighted by molar-refractivity contribution is 7.22. The third-order valence-electron chi connectivity index (χ3n) is 2.97. The molecule has 4 nitrogen and oxygen atoms in total. The zero-order chi connectivity index (χ0) is 13.2. The standard InChI is InChI=1S/C14H16N4S/c1-10-3-4-12-13(9-10)19-14(16-12)15-7-5-11-6-8-18(2)17-11/h3-4,6,8-9H,5,7H2,1-2H3,(H,15,16). The Morgan fingerprint density at radius 1 is 1.32 bits per heavy atom. The lowest BCUT2D eigenvalue weighted by atomic mass is 10.2. The van der Waals surface area contributed by atoms with Gasteiger partial charge in [-0.15, -0.1) is 0 Å². The van der Waals surface area contributed by atoms with Gasteiger partial charge in [-0.3, -0.25) is 4.68 Å². The quantitative estimate of drug-likeness (QED) is 0.794. The lowest BCUT2D eigenvalue weighted by Gasteiger charge is -1.99. The number of thiazole rings is 1. The first kappa shape index (κ1) is 12.2. The van der Waals surface area contributed by atoms with E-state index in [1.54, 1.807) is 11.3 Å². The molecule has 0 bridgehead atoms. The van der Waals surface area contributed by atoms with Crippen LogP contribution < -0.4 is 5.32 Å². The molecule has 3 aromatic rings. The van der Waals surface area contributed by atoms with E-state index < -0.39 is 0 Å². The molecule has 0 fully saturated rings. The van der Waals surface area contributed by atoms with Gasteiger partial charge in [0.15, 0.2) is 5.13 Å². The van der Waals surface area contributed by atoms with Crippen LogP contribution in [0.1, 0.15) is 11.3 Å². The fraction of sp³-hybridized carbons (Fsp3) is 0.286. The van der Waals surface area contributed by atoms with E-state index in [1.807, 2.05) is 24.0 Å². The molecule has 2 aromatic heterocycles. The minimum atomic E-state index is 0.857. The molecule has 2 heterocycles. The van der Waals surface area contributed by atoms with Gasteiger partial charge in [0, 0.05) is 26.2 Å². The zero-order valence-electron chi connectivity index (χ0n) is 11.1. The van der Waals surface area contributed by atoms with E-state index in [-0.39, 0.29) is 0 Å². The van der Waals surface area contributed by atoms with Gasteiger partial charge >= 0.3 is 0 Å². The lowest BCUT2D eigenvalue weighted by Crippen LogP contribution is -2.05. The Balaban J connectivity index is 1.65. The zero-order valence-corrected chi connectivity index (χ0v) is 11.9. The van der Waals surface area contributed by atoms with Gasteiger partial charge in [0.2, 0.25) is 0 Å². The van der Waals surface area contributed by atoms with Gasteiger partial charge in [0.05, 0.1) is 15.9 Å². The van der Waals surface area contributed by atoms with Crippen LogP contribution in [-0.2, 0) is 13.5 Å². The Morgan fingerprint density at radius 3 is 3.00 bits per heavy atom. The predicted molar refractivity (Wildman–Crippen MR) is 79.8 cm³/mol. The number of nitrogens with one attached hydrogen (secondary N) is 1. The van der Waals surface area contributed by atoms with Crippen LogP contribution in [-0.4, -0.2) is 21.3 Å². The second-order valence-corrected chi connectivity index (χ2v) is 5.68. The first-order valence-corrected chi connectivity index (χ1v) is 7.12. The summed E-state index contributed by atoms with van der Waals surface area (Å²) >= 11 is 1.70. The summed E-state index contributed by atoms with van der Waals surface area (Å²) in [6.07, 6.45) is 2.88. The summed E-state index contributed by atoms with van der Waals surface area (Å²) in [5.41, 5.74) is 3.44. The molecule has 0 spiro atoms. The Morgan fingerprint density at radius 2 is 2.21 bits per heavy atom. The SMILES string of the molecule is Cc1ccc2nc(NCCc3ccn(C)n3)sc2c1. The normalized spacial score (nSPS) is 11.1. The minimum Gasteiger partial charge on any atom is -0.361 e. The second kappa shape index (κ2) is 5.01. The molecule has 0 saturated carbocycles. The third kappa shape index (κ3) is 2.76. The van der Waals surface area contributed by atoms with Crippen molar-refractivity contribution in [3.8, 4) is 0 Å². The van der Waals surface area contributed by atoms with Crippen LogP contribution in [0.5, 0.6) is 0 Å². The van der Waals surface area contributed by atoms with Crippen molar-refractivity contribution < 1.29 is 0 Å². The summed E-state index contributed by atoms with van der Waals surface area (Å²) in [5.74, 6) is 0. The van der Waals surface area contributed by atoms with Crippen molar-refractivity contribution in [3.05, 3.63) is 41.7 Å². The van der Waals surface area contributed by atoms with Crippen LogP contribution in [0.15, 0.2) is 30.5 Å². The van der Waals surface area contributed by atoms with Gasteiger partial charge in [0.1, 0.15) is 0 Å². The highest BCUT2D eigenvalue weighted by Crippen LogP contribution is 2.26. The summed E-state index contributed by atoms with van der Waals surface area (Å²) in [6.45, 7) is 2.96. The largest absolute Gasteiger partial charge is 0.361 e. The molecule has 0 saturated heterocycles. The van der Waals surface area contributed by atoms with Gasteiger partial charge in [-0.1, -0.05) is 17.4 Å². The van der Waals surface area contributed by atoms with Crippen molar-refractivity contribution >= 4 is 26.7 Å². The smallest absolute Gasteiger partial charge is 0.183 e. The van der Waals surface area contributed by atoms with Gasteiger partial charge in [-0.25, -0.2) is 4.98 Å². The molecule has 0 unspecified atom stereocenters. The Hall–Kier alpha value is -1.88. The number of hydrogen-bond donors (Lipinski definition) is 1. The van der Waals surface area contributed by atoms with Crippen LogP contribution in [0, 0.1) is 6.92 Å². The third-order valence-corrected chi connectivity index (χ3v) is 3.95. The molecular weight excluding hydrogens is 256 g/mol. The number of anilines is 1. The number of fused-ring (bicyclic) bond motifs is 1. The van der Waals surface area contributed by atoms with E-state index >= 15 is 0 Å². The highest BCUT2D eigenvalue weighted by atomic mass is 32.1. The molecule has 98 valence electrons. The van der Waals surface area contributed by atoms with E-state index in [0.717, 1.165) is 29.3 Å². The fourth-order valence-electron chi connectivity index (χ4n) is 2.00. The van der Waals surface area contributed by atoms with E-state index in [0.29, 0.717) is 0 Å². The van der Waals surface area contributed by atoms with Gasteiger partial charge in [-0.2, -0.15) is 5.10 Å². The highest BCUT2D eigenvalue weighted by Gasteiger charge is 2.03. The van der Waals surface area contributed by atoms with E-state index in [9.17, 15) is 0 Å². The summed E-state index contributed by atoms with van der Waals surface area (Å²) in [5, 5.41) is 8.71. The van der Waals surface area contributed by atoms with Crippen LogP contribution in [0.25, 0.3) is 10.2 Å². The molecule has 0 radical (unpaired) electrons. The number of nitrogens with zero attached hydrogens (tertiary/aromatic N) is 3. The Kier molecular flexibility index (Phi) is 3.21. The molecule has 0 amide bonds. The average Bonchev–Trinajstić information content (AvgIpc) is 2.95. The van der Waals surface area contributed by atoms with Gasteiger partial charge in [0.25, 0.3) is 0 Å².